The molecule has 2 aromatic rings. The smallest absolute Gasteiger partial charge is 0.288 e. The number of anilines is 1. The largest absolute Gasteiger partial charge is 0.344 e. The van der Waals surface area contributed by atoms with Crippen molar-refractivity contribution in [1.82, 2.24) is 8.75 Å². The Labute approximate surface area is 89.0 Å². The van der Waals surface area contributed by atoms with Crippen LogP contribution in [0.15, 0.2) is 21.4 Å². The van der Waals surface area contributed by atoms with Gasteiger partial charge < -0.3 is 5.32 Å². The molecule has 0 saturated heterocycles. The molecule has 0 spiro atoms. The summed E-state index contributed by atoms with van der Waals surface area (Å²) >= 11 is 0.982. The molecule has 0 radical (unpaired) electrons. The highest BCUT2D eigenvalue weighted by Crippen LogP contribution is 2.31. The lowest BCUT2D eigenvalue weighted by Gasteiger charge is -2.11. The van der Waals surface area contributed by atoms with Crippen molar-refractivity contribution >= 4 is 44.8 Å². The van der Waals surface area contributed by atoms with E-state index in [4.69, 9.17) is 0 Å². The summed E-state index contributed by atoms with van der Waals surface area (Å²) in [7, 11) is -3.63. The number of sulfonamides is 1. The minimum absolute atomic E-state index is 0.108. The zero-order chi connectivity index (χ0) is 10.5. The predicted molar refractivity (Wildman–Crippen MR) is 56.7 cm³/mol. The summed E-state index contributed by atoms with van der Waals surface area (Å²) < 4.78 is 34.7. The summed E-state index contributed by atoms with van der Waals surface area (Å²) in [4.78, 5) is 0.108. The quantitative estimate of drug-likeness (QED) is 0.737. The van der Waals surface area contributed by atoms with E-state index in [-0.39, 0.29) is 4.90 Å². The molecule has 15 heavy (non-hydrogen) atoms. The molecular weight excluding hydrogens is 236 g/mol. The molecule has 1 aromatic heterocycles. The Morgan fingerprint density at radius 1 is 1.27 bits per heavy atom. The van der Waals surface area contributed by atoms with E-state index in [0.717, 1.165) is 18.1 Å². The van der Waals surface area contributed by atoms with Gasteiger partial charge in [-0.15, -0.1) is 4.40 Å². The first-order chi connectivity index (χ1) is 7.18. The fourth-order valence-corrected chi connectivity index (χ4v) is 3.12. The highest BCUT2D eigenvalue weighted by Gasteiger charge is 2.25. The molecule has 0 atom stereocenters. The van der Waals surface area contributed by atoms with Crippen molar-refractivity contribution in [2.45, 2.75) is 4.90 Å². The van der Waals surface area contributed by atoms with E-state index in [0.29, 0.717) is 16.7 Å². The van der Waals surface area contributed by atoms with Gasteiger partial charge in [0, 0.05) is 0 Å². The lowest BCUT2D eigenvalue weighted by molar-refractivity contribution is 0.599. The first-order valence-corrected chi connectivity index (χ1v) is 6.16. The second-order valence-electron chi connectivity index (χ2n) is 2.93. The number of benzene rings is 1. The molecular formula is C7H4N4O2S2. The van der Waals surface area contributed by atoms with Gasteiger partial charge >= 0.3 is 0 Å². The summed E-state index contributed by atoms with van der Waals surface area (Å²) in [6.45, 7) is 0. The monoisotopic (exact) mass is 240 g/mol. The van der Waals surface area contributed by atoms with Crippen LogP contribution in [-0.4, -0.2) is 23.5 Å². The summed E-state index contributed by atoms with van der Waals surface area (Å²) in [5.41, 5.74) is 1.44. The van der Waals surface area contributed by atoms with Crippen molar-refractivity contribution in [1.29, 1.82) is 0 Å². The molecule has 3 rings (SSSR count). The lowest BCUT2D eigenvalue weighted by atomic mass is 10.3. The zero-order valence-corrected chi connectivity index (χ0v) is 8.84. The van der Waals surface area contributed by atoms with E-state index in [1.54, 1.807) is 12.1 Å². The van der Waals surface area contributed by atoms with Crippen LogP contribution in [0.2, 0.25) is 0 Å². The molecule has 1 aromatic carbocycles. The maximum absolute atomic E-state index is 11.7. The number of rotatable bonds is 0. The summed E-state index contributed by atoms with van der Waals surface area (Å²) in [5.74, 6) is 0. The minimum Gasteiger partial charge on any atom is -0.344 e. The second kappa shape index (κ2) is 2.74. The Hall–Kier alpha value is -1.54. The van der Waals surface area contributed by atoms with Crippen LogP contribution in [0.4, 0.5) is 5.69 Å². The van der Waals surface area contributed by atoms with Crippen LogP contribution in [0.3, 0.4) is 0 Å². The van der Waals surface area contributed by atoms with Crippen LogP contribution < -0.4 is 5.32 Å². The van der Waals surface area contributed by atoms with Crippen LogP contribution in [0.25, 0.3) is 11.0 Å². The van der Waals surface area contributed by atoms with Crippen molar-refractivity contribution in [3.63, 3.8) is 0 Å². The third-order valence-corrected chi connectivity index (χ3v) is 3.91. The van der Waals surface area contributed by atoms with Gasteiger partial charge in [0.15, 0.2) is 0 Å². The van der Waals surface area contributed by atoms with Crippen LogP contribution in [0, 0.1) is 0 Å². The van der Waals surface area contributed by atoms with Gasteiger partial charge in [-0.1, -0.05) is 0 Å². The van der Waals surface area contributed by atoms with E-state index in [9.17, 15) is 8.42 Å². The topological polar surface area (TPSA) is 84.3 Å². The van der Waals surface area contributed by atoms with Crippen molar-refractivity contribution in [2.24, 2.45) is 4.40 Å². The first-order valence-electron chi connectivity index (χ1n) is 3.99. The average molecular weight is 240 g/mol. The highest BCUT2D eigenvalue weighted by atomic mass is 32.2. The number of aromatic nitrogens is 2. The standard InChI is InChI=1S/C7H4N4O2S2/c12-15(13)7-5(8-3-9-15)2-1-4-6(7)11-14-10-4/h1-3H,(H,8,9). The highest BCUT2D eigenvalue weighted by molar-refractivity contribution is 7.90. The molecule has 0 aliphatic carbocycles. The summed E-state index contributed by atoms with van der Waals surface area (Å²) in [6.07, 6.45) is 1.16. The van der Waals surface area contributed by atoms with Crippen molar-refractivity contribution in [3.05, 3.63) is 12.1 Å². The van der Waals surface area contributed by atoms with Crippen LogP contribution in [-0.2, 0) is 10.0 Å². The zero-order valence-electron chi connectivity index (χ0n) is 7.21. The number of fused-ring (bicyclic) bond motifs is 3. The molecule has 0 saturated carbocycles. The maximum atomic E-state index is 11.7. The number of hydrogen-bond donors (Lipinski definition) is 1. The van der Waals surface area contributed by atoms with E-state index < -0.39 is 10.0 Å². The molecule has 1 aliphatic heterocycles. The van der Waals surface area contributed by atoms with E-state index >= 15 is 0 Å². The third kappa shape index (κ3) is 1.15. The van der Waals surface area contributed by atoms with Gasteiger partial charge in [0.2, 0.25) is 0 Å². The molecule has 0 unspecified atom stereocenters. The van der Waals surface area contributed by atoms with Gasteiger partial charge in [0.25, 0.3) is 10.0 Å². The maximum Gasteiger partial charge on any atom is 0.288 e. The van der Waals surface area contributed by atoms with Crippen molar-refractivity contribution < 1.29 is 8.42 Å². The Kier molecular flexibility index (Phi) is 1.59. The number of hydrogen-bond acceptors (Lipinski definition) is 6. The molecule has 1 aliphatic rings. The second-order valence-corrected chi connectivity index (χ2v) is 5.03. The van der Waals surface area contributed by atoms with Gasteiger partial charge in [-0.2, -0.15) is 17.2 Å². The van der Waals surface area contributed by atoms with Gasteiger partial charge in [-0.05, 0) is 12.1 Å². The molecule has 8 heteroatoms. The first kappa shape index (κ1) is 8.74. The van der Waals surface area contributed by atoms with Gasteiger partial charge in [0.1, 0.15) is 22.3 Å². The average Bonchev–Trinajstić information content (AvgIpc) is 2.63. The molecule has 0 bridgehead atoms. The minimum atomic E-state index is -3.63. The van der Waals surface area contributed by atoms with Gasteiger partial charge in [0.05, 0.1) is 17.4 Å². The van der Waals surface area contributed by atoms with E-state index in [1.807, 2.05) is 0 Å². The van der Waals surface area contributed by atoms with Gasteiger partial charge in [-0.3, -0.25) is 0 Å². The number of nitrogens with zero attached hydrogens (tertiary/aromatic N) is 3. The van der Waals surface area contributed by atoms with E-state index in [2.05, 4.69) is 18.5 Å². The Morgan fingerprint density at radius 2 is 2.13 bits per heavy atom. The van der Waals surface area contributed by atoms with Crippen LogP contribution in [0.1, 0.15) is 0 Å². The molecule has 76 valence electrons. The third-order valence-electron chi connectivity index (χ3n) is 2.05. The van der Waals surface area contributed by atoms with Crippen LogP contribution in [0.5, 0.6) is 0 Å². The Bertz CT molecular complexity index is 673. The Balaban J connectivity index is 2.53. The summed E-state index contributed by atoms with van der Waals surface area (Å²) in [6, 6.07) is 3.38. The van der Waals surface area contributed by atoms with Crippen LogP contribution >= 0.6 is 11.7 Å². The molecule has 0 amide bonds. The number of nitrogens with one attached hydrogen (secondary N) is 1. The molecule has 6 nitrogen and oxygen atoms in total. The lowest BCUT2D eigenvalue weighted by Crippen LogP contribution is -2.11. The normalized spacial score (nSPS) is 17.3. The SMILES string of the molecule is O=S1(=O)N=CNc2ccc3nsnc3c21. The Morgan fingerprint density at radius 3 is 3.00 bits per heavy atom. The molecule has 1 N–H and O–H groups in total. The van der Waals surface area contributed by atoms with E-state index in [1.165, 1.54) is 0 Å². The fourth-order valence-electron chi connectivity index (χ4n) is 1.42. The molecule has 0 fully saturated rings. The van der Waals surface area contributed by atoms with Crippen molar-refractivity contribution in [3.8, 4) is 0 Å². The van der Waals surface area contributed by atoms with Crippen molar-refractivity contribution in [2.75, 3.05) is 5.32 Å². The fraction of sp³-hybridized carbons (Fsp3) is 0. The molecule has 2 heterocycles. The predicted octanol–water partition coefficient (Wildman–Crippen LogP) is 0.834. The van der Waals surface area contributed by atoms with Gasteiger partial charge in [-0.25, -0.2) is 0 Å². The summed E-state index contributed by atoms with van der Waals surface area (Å²) in [5, 5.41) is 2.77.